The topological polar surface area (TPSA) is 63.2 Å². The van der Waals surface area contributed by atoms with E-state index in [1.54, 1.807) is 18.2 Å². The number of amides is 1. The van der Waals surface area contributed by atoms with Crippen molar-refractivity contribution in [1.82, 2.24) is 4.72 Å². The first kappa shape index (κ1) is 17.4. The molecule has 0 unspecified atom stereocenters. The number of carbonyl (C=O) groups excluding carboxylic acids is 1. The van der Waals surface area contributed by atoms with Crippen LogP contribution in [-0.4, -0.2) is 14.3 Å². The van der Waals surface area contributed by atoms with Gasteiger partial charge in [0.05, 0.1) is 4.91 Å². The quantitative estimate of drug-likeness (QED) is 0.892. The predicted octanol–water partition coefficient (Wildman–Crippen LogP) is 3.19. The maximum atomic E-state index is 13.1. The van der Waals surface area contributed by atoms with Crippen LogP contribution in [0.4, 0.5) is 4.39 Å². The highest BCUT2D eigenvalue weighted by atomic mass is 32.2. The van der Waals surface area contributed by atoms with Gasteiger partial charge in [-0.25, -0.2) is 17.5 Å². The average Bonchev–Trinajstić information content (AvgIpc) is 2.59. The standard InChI is InChI=1S/C19H18FNO3S/c20-17-7-3-4-14(12-17)8-11-19(22)21-25(23,24)18-10-9-15-5-1-2-6-16(15)13-18/h1-7,12-13H,8-11H2,(H,21,22). The van der Waals surface area contributed by atoms with Crippen molar-refractivity contribution in [3.8, 4) is 0 Å². The maximum Gasteiger partial charge on any atom is 0.260 e. The third-order valence-corrected chi connectivity index (χ3v) is 5.64. The molecule has 1 amide bonds. The van der Waals surface area contributed by atoms with Crippen molar-refractivity contribution < 1.29 is 17.6 Å². The van der Waals surface area contributed by atoms with Crippen molar-refractivity contribution in [2.75, 3.05) is 0 Å². The van der Waals surface area contributed by atoms with Gasteiger partial charge in [0.1, 0.15) is 5.82 Å². The number of halogens is 1. The highest BCUT2D eigenvalue weighted by Crippen LogP contribution is 2.26. The first-order chi connectivity index (χ1) is 11.9. The fourth-order valence-corrected chi connectivity index (χ4v) is 4.02. The summed E-state index contributed by atoms with van der Waals surface area (Å²) in [6.07, 6.45) is 2.86. The van der Waals surface area contributed by atoms with E-state index < -0.39 is 15.9 Å². The van der Waals surface area contributed by atoms with Crippen molar-refractivity contribution >= 4 is 22.0 Å². The molecule has 0 fully saturated rings. The predicted molar refractivity (Wildman–Crippen MR) is 94.5 cm³/mol. The molecule has 0 saturated heterocycles. The molecule has 1 aliphatic carbocycles. The summed E-state index contributed by atoms with van der Waals surface area (Å²) in [4.78, 5) is 12.2. The summed E-state index contributed by atoms with van der Waals surface area (Å²) < 4.78 is 40.1. The van der Waals surface area contributed by atoms with Crippen LogP contribution in [0.5, 0.6) is 0 Å². The number of fused-ring (bicyclic) bond motifs is 1. The maximum absolute atomic E-state index is 13.1. The van der Waals surface area contributed by atoms with E-state index in [1.807, 2.05) is 24.3 Å². The lowest BCUT2D eigenvalue weighted by Gasteiger charge is -2.17. The second-order valence-electron chi connectivity index (χ2n) is 5.97. The molecule has 3 rings (SSSR count). The number of benzene rings is 2. The minimum absolute atomic E-state index is 0.0213. The van der Waals surface area contributed by atoms with E-state index in [2.05, 4.69) is 4.72 Å². The summed E-state index contributed by atoms with van der Waals surface area (Å²) in [5, 5.41) is 0. The number of hydrogen-bond donors (Lipinski definition) is 1. The zero-order valence-electron chi connectivity index (χ0n) is 13.5. The Morgan fingerprint density at radius 1 is 1.08 bits per heavy atom. The smallest absolute Gasteiger partial charge is 0.260 e. The van der Waals surface area contributed by atoms with Crippen molar-refractivity contribution in [3.63, 3.8) is 0 Å². The Morgan fingerprint density at radius 2 is 1.88 bits per heavy atom. The van der Waals surface area contributed by atoms with Crippen LogP contribution in [0.2, 0.25) is 0 Å². The second kappa shape index (κ2) is 7.19. The van der Waals surface area contributed by atoms with Crippen molar-refractivity contribution in [3.05, 3.63) is 75.9 Å². The number of rotatable bonds is 5. The van der Waals surface area contributed by atoms with Gasteiger partial charge < -0.3 is 0 Å². The van der Waals surface area contributed by atoms with Crippen LogP contribution in [0.25, 0.3) is 6.08 Å². The molecule has 0 spiro atoms. The van der Waals surface area contributed by atoms with Crippen LogP contribution in [-0.2, 0) is 27.7 Å². The van der Waals surface area contributed by atoms with Gasteiger partial charge in [0.25, 0.3) is 10.0 Å². The van der Waals surface area contributed by atoms with E-state index in [-0.39, 0.29) is 23.6 Å². The number of sulfonamides is 1. The number of nitrogens with one attached hydrogen (secondary N) is 1. The number of allylic oxidation sites excluding steroid dienone is 1. The first-order valence-corrected chi connectivity index (χ1v) is 9.51. The minimum atomic E-state index is -3.85. The molecule has 1 aliphatic rings. The molecular weight excluding hydrogens is 341 g/mol. The Hall–Kier alpha value is -2.47. The highest BCUT2D eigenvalue weighted by Gasteiger charge is 2.23. The van der Waals surface area contributed by atoms with E-state index in [4.69, 9.17) is 0 Å². The molecule has 0 radical (unpaired) electrons. The normalized spacial score (nSPS) is 13.7. The Bertz CT molecular complexity index is 935. The van der Waals surface area contributed by atoms with Crippen molar-refractivity contribution in [2.45, 2.75) is 25.7 Å². The number of aryl methyl sites for hydroxylation is 2. The first-order valence-electron chi connectivity index (χ1n) is 8.02. The van der Waals surface area contributed by atoms with E-state index in [0.717, 1.165) is 11.1 Å². The molecule has 4 nitrogen and oxygen atoms in total. The van der Waals surface area contributed by atoms with Crippen LogP contribution in [0, 0.1) is 5.82 Å². The average molecular weight is 359 g/mol. The summed E-state index contributed by atoms with van der Waals surface area (Å²) in [5.41, 5.74) is 2.61. The van der Waals surface area contributed by atoms with Crippen molar-refractivity contribution in [2.24, 2.45) is 0 Å². The summed E-state index contributed by atoms with van der Waals surface area (Å²) in [5.74, 6) is -0.972. The molecule has 0 saturated carbocycles. The van der Waals surface area contributed by atoms with Gasteiger partial charge in [-0.15, -0.1) is 0 Å². The third-order valence-electron chi connectivity index (χ3n) is 4.14. The summed E-state index contributed by atoms with van der Waals surface area (Å²) in [6, 6.07) is 13.5. The zero-order valence-corrected chi connectivity index (χ0v) is 14.4. The van der Waals surface area contributed by atoms with Gasteiger partial charge >= 0.3 is 0 Å². The Balaban J connectivity index is 1.65. The molecule has 0 atom stereocenters. The van der Waals surface area contributed by atoms with Crippen LogP contribution >= 0.6 is 0 Å². The van der Waals surface area contributed by atoms with E-state index in [0.29, 0.717) is 18.4 Å². The molecule has 130 valence electrons. The van der Waals surface area contributed by atoms with Crippen LogP contribution in [0.15, 0.2) is 53.4 Å². The second-order valence-corrected chi connectivity index (χ2v) is 7.70. The van der Waals surface area contributed by atoms with Gasteiger partial charge in [-0.3, -0.25) is 4.79 Å². The Labute approximate surface area is 146 Å². The molecular formula is C19H18FNO3S. The molecule has 0 aliphatic heterocycles. The molecule has 25 heavy (non-hydrogen) atoms. The molecule has 1 N–H and O–H groups in total. The molecule has 0 bridgehead atoms. The van der Waals surface area contributed by atoms with Gasteiger partial charge in [-0.1, -0.05) is 36.4 Å². The van der Waals surface area contributed by atoms with Gasteiger partial charge in [-0.05, 0) is 54.2 Å². The van der Waals surface area contributed by atoms with E-state index >= 15 is 0 Å². The molecule has 0 aromatic heterocycles. The number of hydrogen-bond acceptors (Lipinski definition) is 3. The lowest BCUT2D eigenvalue weighted by Crippen LogP contribution is -2.32. The summed E-state index contributed by atoms with van der Waals surface area (Å²) in [6.45, 7) is 0. The molecule has 0 heterocycles. The van der Waals surface area contributed by atoms with Gasteiger partial charge in [0.15, 0.2) is 0 Å². The minimum Gasteiger partial charge on any atom is -0.274 e. The SMILES string of the molecule is O=C(CCc1cccc(F)c1)NS(=O)(=O)C1=Cc2ccccc2CC1. The lowest BCUT2D eigenvalue weighted by molar-refractivity contribution is -0.119. The van der Waals surface area contributed by atoms with Crippen molar-refractivity contribution in [1.29, 1.82) is 0 Å². The Morgan fingerprint density at radius 3 is 2.68 bits per heavy atom. The van der Waals surface area contributed by atoms with E-state index in [1.165, 1.54) is 12.1 Å². The fourth-order valence-electron chi connectivity index (χ4n) is 2.83. The lowest BCUT2D eigenvalue weighted by atomic mass is 9.98. The highest BCUT2D eigenvalue weighted by molar-refractivity contribution is 7.94. The van der Waals surface area contributed by atoms with Crippen LogP contribution < -0.4 is 4.72 Å². The fraction of sp³-hybridized carbons (Fsp3) is 0.211. The molecule has 6 heteroatoms. The third kappa shape index (κ3) is 4.33. The molecule has 2 aromatic rings. The van der Waals surface area contributed by atoms with Gasteiger partial charge in [0, 0.05) is 6.42 Å². The van der Waals surface area contributed by atoms with Gasteiger partial charge in [0.2, 0.25) is 5.91 Å². The monoisotopic (exact) mass is 359 g/mol. The van der Waals surface area contributed by atoms with Crippen LogP contribution in [0.3, 0.4) is 0 Å². The van der Waals surface area contributed by atoms with Crippen LogP contribution in [0.1, 0.15) is 29.5 Å². The Kier molecular flexibility index (Phi) is 4.99. The number of carbonyl (C=O) groups is 1. The largest absolute Gasteiger partial charge is 0.274 e. The summed E-state index contributed by atoms with van der Waals surface area (Å²) >= 11 is 0. The van der Waals surface area contributed by atoms with E-state index in [9.17, 15) is 17.6 Å². The summed E-state index contributed by atoms with van der Waals surface area (Å²) in [7, 11) is -3.85. The zero-order chi connectivity index (χ0) is 17.9. The van der Waals surface area contributed by atoms with Gasteiger partial charge in [-0.2, -0.15) is 0 Å². The molecule has 2 aromatic carbocycles.